The van der Waals surface area contributed by atoms with Crippen LogP contribution in [-0.2, 0) is 14.4 Å². The molecule has 0 saturated carbocycles. The highest BCUT2D eigenvalue weighted by molar-refractivity contribution is 5.96. The fraction of sp³-hybridized carbons (Fsp3) is 0.292. The van der Waals surface area contributed by atoms with E-state index in [0.717, 1.165) is 5.39 Å². The number of carboxylic acids is 2. The molecule has 0 radical (unpaired) electrons. The van der Waals surface area contributed by atoms with Gasteiger partial charge in [-0.05, 0) is 24.3 Å². The van der Waals surface area contributed by atoms with Crippen molar-refractivity contribution >= 4 is 40.3 Å². The van der Waals surface area contributed by atoms with Gasteiger partial charge in [0.15, 0.2) is 0 Å². The molecule has 0 bridgehead atoms. The lowest BCUT2D eigenvalue weighted by atomic mass is 10.0. The van der Waals surface area contributed by atoms with Gasteiger partial charge in [-0.2, -0.15) is 5.26 Å². The number of piperazine rings is 1. The topological polar surface area (TPSA) is 163 Å². The van der Waals surface area contributed by atoms with Crippen molar-refractivity contribution in [2.75, 3.05) is 36.4 Å². The lowest BCUT2D eigenvalue weighted by Gasteiger charge is -2.38. The Morgan fingerprint density at radius 3 is 2.60 bits per heavy atom. The number of carbonyl (C=O) groups excluding carboxylic acids is 1. The first kappa shape index (κ1) is 23.7. The number of aromatic nitrogens is 2. The molecular formula is C24H24N6O5. The highest BCUT2D eigenvalue weighted by atomic mass is 16.4. The van der Waals surface area contributed by atoms with Gasteiger partial charge in [0.25, 0.3) is 0 Å². The van der Waals surface area contributed by atoms with Crippen LogP contribution in [0.3, 0.4) is 0 Å². The average Bonchev–Trinajstić information content (AvgIpc) is 3.26. The summed E-state index contributed by atoms with van der Waals surface area (Å²) in [5, 5.41) is 31.5. The first-order chi connectivity index (χ1) is 16.9. The maximum atomic E-state index is 12.3. The third-order valence-electron chi connectivity index (χ3n) is 5.98. The van der Waals surface area contributed by atoms with E-state index >= 15 is 0 Å². The molecule has 11 heteroatoms. The number of rotatable bonds is 8. The van der Waals surface area contributed by atoms with Crippen LogP contribution >= 0.6 is 0 Å². The number of pyridine rings is 1. The van der Waals surface area contributed by atoms with Gasteiger partial charge in [-0.1, -0.05) is 6.07 Å². The normalized spacial score (nSPS) is 14.9. The lowest BCUT2D eigenvalue weighted by Crippen LogP contribution is -2.49. The largest absolute Gasteiger partial charge is 0.481 e. The average molecular weight is 476 g/mol. The summed E-state index contributed by atoms with van der Waals surface area (Å²) < 4.78 is 0. The van der Waals surface area contributed by atoms with E-state index in [0.29, 0.717) is 54.3 Å². The minimum atomic E-state index is -1.05. The molecule has 1 unspecified atom stereocenters. The van der Waals surface area contributed by atoms with E-state index in [2.05, 4.69) is 21.4 Å². The SMILES string of the molecule is N#Cc1cccnc1N1CCN(C(C(=O)O)c2c[nH]c3cc(NC(=O)CCC(=O)O)ccc23)CC1. The first-order valence-corrected chi connectivity index (χ1v) is 11.1. The summed E-state index contributed by atoms with van der Waals surface area (Å²) in [5.41, 5.74) is 2.25. The molecule has 1 aromatic carbocycles. The zero-order valence-electron chi connectivity index (χ0n) is 18.8. The predicted molar refractivity (Wildman–Crippen MR) is 127 cm³/mol. The zero-order chi connectivity index (χ0) is 24.9. The molecule has 35 heavy (non-hydrogen) atoms. The van der Waals surface area contributed by atoms with Gasteiger partial charge in [0, 0.05) is 67.1 Å². The smallest absolute Gasteiger partial charge is 0.325 e. The number of anilines is 2. The van der Waals surface area contributed by atoms with Crippen LogP contribution in [0.2, 0.25) is 0 Å². The Morgan fingerprint density at radius 1 is 1.14 bits per heavy atom. The fourth-order valence-corrected chi connectivity index (χ4v) is 4.31. The Balaban J connectivity index is 1.49. The number of carboxylic acid groups (broad SMARTS) is 2. The van der Waals surface area contributed by atoms with Crippen molar-refractivity contribution in [2.24, 2.45) is 0 Å². The van der Waals surface area contributed by atoms with Gasteiger partial charge in [-0.3, -0.25) is 19.3 Å². The van der Waals surface area contributed by atoms with E-state index in [1.165, 1.54) is 0 Å². The predicted octanol–water partition coefficient (Wildman–Crippen LogP) is 2.19. The quantitative estimate of drug-likeness (QED) is 0.382. The molecule has 1 aliphatic heterocycles. The van der Waals surface area contributed by atoms with Crippen molar-refractivity contribution < 1.29 is 24.6 Å². The Bertz CT molecular complexity index is 1310. The number of aliphatic carboxylic acids is 2. The monoisotopic (exact) mass is 476 g/mol. The number of hydrogen-bond donors (Lipinski definition) is 4. The molecular weight excluding hydrogens is 452 g/mol. The number of carbonyl (C=O) groups is 3. The first-order valence-electron chi connectivity index (χ1n) is 11.1. The molecule has 11 nitrogen and oxygen atoms in total. The second-order valence-electron chi connectivity index (χ2n) is 8.20. The molecule has 3 aromatic rings. The van der Waals surface area contributed by atoms with Gasteiger partial charge in [0.05, 0.1) is 12.0 Å². The number of H-pyrrole nitrogens is 1. The Morgan fingerprint density at radius 2 is 1.91 bits per heavy atom. The van der Waals surface area contributed by atoms with Crippen molar-refractivity contribution in [1.29, 1.82) is 5.26 Å². The zero-order valence-corrected chi connectivity index (χ0v) is 18.8. The van der Waals surface area contributed by atoms with Crippen molar-refractivity contribution in [3.63, 3.8) is 0 Å². The Kier molecular flexibility index (Phi) is 6.93. The number of amides is 1. The van der Waals surface area contributed by atoms with E-state index in [9.17, 15) is 24.8 Å². The fourth-order valence-electron chi connectivity index (χ4n) is 4.31. The van der Waals surface area contributed by atoms with Crippen LogP contribution in [0.5, 0.6) is 0 Å². The van der Waals surface area contributed by atoms with Crippen molar-refractivity contribution in [1.82, 2.24) is 14.9 Å². The molecule has 0 spiro atoms. The van der Waals surface area contributed by atoms with E-state index in [1.807, 2.05) is 9.80 Å². The molecule has 180 valence electrons. The second-order valence-corrected chi connectivity index (χ2v) is 8.20. The molecule has 1 aliphatic rings. The molecule has 0 aliphatic carbocycles. The highest BCUT2D eigenvalue weighted by Crippen LogP contribution is 2.31. The second kappa shape index (κ2) is 10.2. The number of nitrogens with one attached hydrogen (secondary N) is 2. The summed E-state index contributed by atoms with van der Waals surface area (Å²) in [6.07, 6.45) is 2.91. The number of benzene rings is 1. The standard InChI is InChI=1S/C24H24N6O5/c25-13-15-2-1-7-26-23(15)30-10-8-29(9-11-30)22(24(34)35)18-14-27-19-12-16(3-4-17(18)19)28-20(31)5-6-21(32)33/h1-4,7,12,14,22,27H,5-6,8-11H2,(H,28,31)(H,32,33)(H,34,35). The summed E-state index contributed by atoms with van der Waals surface area (Å²) in [5.74, 6) is -1.82. The number of nitriles is 1. The number of fused-ring (bicyclic) bond motifs is 1. The maximum absolute atomic E-state index is 12.3. The Hall–Kier alpha value is -4.43. The minimum absolute atomic E-state index is 0.134. The molecule has 4 N–H and O–H groups in total. The summed E-state index contributed by atoms with van der Waals surface area (Å²) in [6, 6.07) is 9.80. The van der Waals surface area contributed by atoms with Crippen molar-refractivity contribution in [3.8, 4) is 6.07 Å². The van der Waals surface area contributed by atoms with Crippen LogP contribution in [0.4, 0.5) is 11.5 Å². The summed E-state index contributed by atoms with van der Waals surface area (Å²) >= 11 is 0. The number of hydrogen-bond acceptors (Lipinski definition) is 7. The van der Waals surface area contributed by atoms with Gasteiger partial charge in [-0.25, -0.2) is 4.98 Å². The van der Waals surface area contributed by atoms with Gasteiger partial charge in [0.1, 0.15) is 17.9 Å². The molecule has 1 atom stereocenters. The molecule has 1 saturated heterocycles. The Labute approximate surface area is 200 Å². The van der Waals surface area contributed by atoms with Crippen LogP contribution in [0.25, 0.3) is 10.9 Å². The van der Waals surface area contributed by atoms with Crippen LogP contribution in [0.15, 0.2) is 42.7 Å². The molecule has 3 heterocycles. The van der Waals surface area contributed by atoms with E-state index in [4.69, 9.17) is 5.11 Å². The van der Waals surface area contributed by atoms with E-state index in [-0.39, 0.29) is 12.8 Å². The number of aromatic amines is 1. The van der Waals surface area contributed by atoms with Gasteiger partial charge in [0.2, 0.25) is 5.91 Å². The van der Waals surface area contributed by atoms with Crippen molar-refractivity contribution in [2.45, 2.75) is 18.9 Å². The van der Waals surface area contributed by atoms with Gasteiger partial charge < -0.3 is 25.4 Å². The highest BCUT2D eigenvalue weighted by Gasteiger charge is 2.32. The number of nitrogens with zero attached hydrogens (tertiary/aromatic N) is 4. The summed E-state index contributed by atoms with van der Waals surface area (Å²) in [7, 11) is 0. The lowest BCUT2D eigenvalue weighted by molar-refractivity contribution is -0.143. The third kappa shape index (κ3) is 5.23. The molecule has 1 fully saturated rings. The van der Waals surface area contributed by atoms with Crippen LogP contribution in [-0.4, -0.2) is 69.1 Å². The summed E-state index contributed by atoms with van der Waals surface area (Å²) in [6.45, 7) is 2.01. The maximum Gasteiger partial charge on any atom is 0.325 e. The summed E-state index contributed by atoms with van der Waals surface area (Å²) in [4.78, 5) is 46.2. The minimum Gasteiger partial charge on any atom is -0.481 e. The van der Waals surface area contributed by atoms with Crippen LogP contribution in [0, 0.1) is 11.3 Å². The van der Waals surface area contributed by atoms with E-state index in [1.54, 1.807) is 42.7 Å². The van der Waals surface area contributed by atoms with Crippen molar-refractivity contribution in [3.05, 3.63) is 53.9 Å². The molecule has 1 amide bonds. The van der Waals surface area contributed by atoms with Gasteiger partial charge >= 0.3 is 11.9 Å². The molecule has 2 aromatic heterocycles. The van der Waals surface area contributed by atoms with E-state index < -0.39 is 23.9 Å². The molecule has 4 rings (SSSR count). The van der Waals surface area contributed by atoms with Crippen LogP contribution < -0.4 is 10.2 Å². The van der Waals surface area contributed by atoms with Gasteiger partial charge in [-0.15, -0.1) is 0 Å². The third-order valence-corrected chi connectivity index (χ3v) is 5.98. The van der Waals surface area contributed by atoms with Crippen LogP contribution in [0.1, 0.15) is 30.0 Å².